The first kappa shape index (κ1) is 31.1. The van der Waals surface area contributed by atoms with E-state index < -0.39 is 9.76 Å². The fraction of sp³-hybridized carbons (Fsp3) is 0.650. The third-order valence-corrected chi connectivity index (χ3v) is 5.82. The largest absolute Gasteiger partial charge is 4.00 e. The van der Waals surface area contributed by atoms with E-state index >= 15 is 0 Å². The standard InChI is InChI=1S/C17H31OSi.3CH3.Pt/c1-5-6-7-8-9-14-16(15-12-10-11-13-15)19-18-17(2,3)4;;;;/h10,12,16H,5-9,11,14,19H2,1-4H3;3*1H3;/q4*-1;+4. The van der Waals surface area contributed by atoms with Crippen LogP contribution in [0, 0.1) is 28.4 Å². The van der Waals surface area contributed by atoms with E-state index in [-0.39, 0.29) is 48.9 Å². The molecule has 1 aliphatic carbocycles. The fourth-order valence-corrected chi connectivity index (χ4v) is 3.99. The van der Waals surface area contributed by atoms with E-state index in [4.69, 9.17) is 4.43 Å². The first-order valence-electron chi connectivity index (χ1n) is 7.94. The molecule has 0 amide bonds. The van der Waals surface area contributed by atoms with Gasteiger partial charge in [0.1, 0.15) is 0 Å². The van der Waals surface area contributed by atoms with Crippen LogP contribution >= 0.6 is 0 Å². The van der Waals surface area contributed by atoms with Crippen molar-refractivity contribution in [1.29, 1.82) is 0 Å². The molecule has 0 aromatic carbocycles. The van der Waals surface area contributed by atoms with E-state index in [1.807, 2.05) is 0 Å². The molecule has 0 bridgehead atoms. The van der Waals surface area contributed by atoms with Crippen LogP contribution in [0.2, 0.25) is 5.54 Å². The molecule has 0 spiro atoms. The second kappa shape index (κ2) is 17.2. The molecule has 1 aliphatic rings. The van der Waals surface area contributed by atoms with Crippen LogP contribution in [0.15, 0.2) is 17.7 Å². The smallest absolute Gasteiger partial charge is 0.419 e. The molecule has 23 heavy (non-hydrogen) atoms. The fourth-order valence-electron chi connectivity index (χ4n) is 2.38. The van der Waals surface area contributed by atoms with Gasteiger partial charge in [0.25, 0.3) is 0 Å². The van der Waals surface area contributed by atoms with Crippen molar-refractivity contribution in [2.45, 2.75) is 83.8 Å². The molecule has 140 valence electrons. The topological polar surface area (TPSA) is 9.23 Å². The van der Waals surface area contributed by atoms with Crippen LogP contribution in [-0.2, 0) is 25.5 Å². The summed E-state index contributed by atoms with van der Waals surface area (Å²) >= 11 is 0. The maximum Gasteiger partial charge on any atom is 4.00 e. The van der Waals surface area contributed by atoms with Crippen LogP contribution in [0.25, 0.3) is 0 Å². The van der Waals surface area contributed by atoms with E-state index in [0.717, 1.165) is 6.42 Å². The van der Waals surface area contributed by atoms with Crippen molar-refractivity contribution in [3.8, 4) is 0 Å². The van der Waals surface area contributed by atoms with Crippen molar-refractivity contribution < 1.29 is 25.5 Å². The molecule has 0 fully saturated rings. The van der Waals surface area contributed by atoms with Gasteiger partial charge < -0.3 is 26.7 Å². The van der Waals surface area contributed by atoms with Crippen LogP contribution in [0.5, 0.6) is 0 Å². The zero-order valence-electron chi connectivity index (χ0n) is 16.6. The maximum atomic E-state index is 6.13. The molecule has 1 rings (SSSR count). The van der Waals surface area contributed by atoms with E-state index in [0.29, 0.717) is 5.54 Å². The van der Waals surface area contributed by atoms with E-state index in [1.54, 1.807) is 0 Å². The molecule has 0 aromatic heterocycles. The average Bonchev–Trinajstić information content (AvgIpc) is 2.85. The quantitative estimate of drug-likeness (QED) is 0.204. The number of hydrogen-bond acceptors (Lipinski definition) is 1. The van der Waals surface area contributed by atoms with E-state index in [2.05, 4.69) is 45.9 Å². The van der Waals surface area contributed by atoms with Gasteiger partial charge in [0.2, 0.25) is 0 Å². The summed E-state index contributed by atoms with van der Waals surface area (Å²) in [5.74, 6) is 0. The minimum absolute atomic E-state index is 0. The monoisotopic (exact) mass is 519 g/mol. The van der Waals surface area contributed by atoms with Gasteiger partial charge in [-0.25, -0.2) is 11.6 Å². The Kier molecular flexibility index (Phi) is 23.3. The minimum Gasteiger partial charge on any atom is -0.419 e. The predicted molar refractivity (Wildman–Crippen MR) is 106 cm³/mol. The molecule has 1 unspecified atom stereocenters. The summed E-state index contributed by atoms with van der Waals surface area (Å²) in [6, 6.07) is 0. The third-order valence-electron chi connectivity index (χ3n) is 3.53. The van der Waals surface area contributed by atoms with Crippen LogP contribution in [0.3, 0.4) is 0 Å². The van der Waals surface area contributed by atoms with Gasteiger partial charge in [-0.3, -0.25) is 6.08 Å². The average molecular weight is 520 g/mol. The Morgan fingerprint density at radius 2 is 1.74 bits per heavy atom. The Morgan fingerprint density at radius 3 is 2.22 bits per heavy atom. The van der Waals surface area contributed by atoms with Crippen molar-refractivity contribution in [2.24, 2.45) is 0 Å². The maximum absolute atomic E-state index is 6.13. The number of unbranched alkanes of at least 4 members (excludes halogenated alkanes) is 4. The molecular formula is C20H40OPtSi. The number of hydrogen-bond donors (Lipinski definition) is 0. The van der Waals surface area contributed by atoms with Gasteiger partial charge in [-0.2, -0.15) is 6.08 Å². The molecule has 0 aliphatic heterocycles. The molecule has 3 heteroatoms. The van der Waals surface area contributed by atoms with Gasteiger partial charge in [0.15, 0.2) is 9.76 Å². The van der Waals surface area contributed by atoms with Gasteiger partial charge in [0.05, 0.1) is 0 Å². The van der Waals surface area contributed by atoms with E-state index in [9.17, 15) is 0 Å². The van der Waals surface area contributed by atoms with Crippen LogP contribution in [0.4, 0.5) is 0 Å². The zero-order chi connectivity index (χ0) is 14.1. The summed E-state index contributed by atoms with van der Waals surface area (Å²) in [5, 5.41) is 0. The third kappa shape index (κ3) is 15.6. The summed E-state index contributed by atoms with van der Waals surface area (Å²) in [5.41, 5.74) is 2.14. The van der Waals surface area contributed by atoms with Crippen LogP contribution < -0.4 is 0 Å². The van der Waals surface area contributed by atoms with Crippen molar-refractivity contribution in [2.75, 3.05) is 0 Å². The van der Waals surface area contributed by atoms with Crippen molar-refractivity contribution in [3.05, 3.63) is 46.1 Å². The number of allylic oxidation sites excluding steroid dienone is 4. The van der Waals surface area contributed by atoms with Crippen LogP contribution in [0.1, 0.15) is 72.6 Å². The second-order valence-electron chi connectivity index (χ2n) is 6.56. The molecule has 0 aromatic rings. The van der Waals surface area contributed by atoms with Crippen molar-refractivity contribution >= 4 is 9.76 Å². The summed E-state index contributed by atoms with van der Waals surface area (Å²) in [4.78, 5) is 0. The van der Waals surface area contributed by atoms with Crippen LogP contribution in [-0.4, -0.2) is 15.4 Å². The molecule has 0 heterocycles. The predicted octanol–water partition coefficient (Wildman–Crippen LogP) is 6.07. The van der Waals surface area contributed by atoms with Gasteiger partial charge in [0, 0.05) is 5.60 Å². The summed E-state index contributed by atoms with van der Waals surface area (Å²) in [6.45, 7) is 8.78. The normalized spacial score (nSPS) is 14.3. The molecule has 0 N–H and O–H groups in total. The SMILES string of the molecule is CCCCCCCC([SiH2]OC(C)(C)C)C1=[C-]CC=C1.[CH3-].[CH3-].[CH3-].[Pt+4]. The Labute approximate surface area is 165 Å². The Morgan fingerprint density at radius 1 is 1.13 bits per heavy atom. The molecule has 0 saturated heterocycles. The Bertz CT molecular complexity index is 305. The molecule has 1 atom stereocenters. The summed E-state index contributed by atoms with van der Waals surface area (Å²) < 4.78 is 6.13. The molecule has 0 saturated carbocycles. The van der Waals surface area contributed by atoms with E-state index in [1.165, 1.54) is 44.1 Å². The van der Waals surface area contributed by atoms with Gasteiger partial charge in [-0.15, -0.1) is 6.42 Å². The summed E-state index contributed by atoms with van der Waals surface area (Å²) in [6.07, 6.45) is 17.2. The Balaban J connectivity index is -0.000000451. The first-order chi connectivity index (χ1) is 9.03. The first-order valence-corrected chi connectivity index (χ1v) is 9.33. The molecule has 0 radical (unpaired) electrons. The second-order valence-corrected chi connectivity index (χ2v) is 8.17. The van der Waals surface area contributed by atoms with Crippen molar-refractivity contribution in [1.82, 2.24) is 0 Å². The summed E-state index contributed by atoms with van der Waals surface area (Å²) in [7, 11) is -0.499. The van der Waals surface area contributed by atoms with Gasteiger partial charge >= 0.3 is 21.1 Å². The molecular weight excluding hydrogens is 479 g/mol. The van der Waals surface area contributed by atoms with Gasteiger partial charge in [-0.1, -0.05) is 45.4 Å². The zero-order valence-corrected chi connectivity index (χ0v) is 20.3. The van der Waals surface area contributed by atoms with Gasteiger partial charge in [-0.05, 0) is 26.3 Å². The number of rotatable bonds is 9. The molecule has 1 nitrogen and oxygen atoms in total. The Hall–Kier alpha value is 0.345. The van der Waals surface area contributed by atoms with Crippen molar-refractivity contribution in [3.63, 3.8) is 0 Å². The minimum atomic E-state index is -0.499.